The second-order valence-corrected chi connectivity index (χ2v) is 17.5. The molecule has 1 aromatic rings. The van der Waals surface area contributed by atoms with E-state index >= 15 is 0 Å². The molecule has 1 heterocycles. The lowest BCUT2D eigenvalue weighted by atomic mass is 10.0. The molecule has 0 fully saturated rings. The summed E-state index contributed by atoms with van der Waals surface area (Å²) in [4.78, 5) is 43.1. The molecule has 1 aromatic heterocycles. The molecule has 1 atom stereocenters. The highest BCUT2D eigenvalue weighted by Gasteiger charge is 2.41. The smallest absolute Gasteiger partial charge is 0.372 e. The number of carbonyl (C=O) groups is 3. The van der Waals surface area contributed by atoms with Crippen molar-refractivity contribution < 1.29 is 32.3 Å². The van der Waals surface area contributed by atoms with E-state index in [-0.39, 0.29) is 43.4 Å². The number of halogens is 3. The number of hydrogen-bond donors (Lipinski definition) is 1. The third kappa shape index (κ3) is 30.7. The third-order valence-corrected chi connectivity index (χ3v) is 11.9. The monoisotopic (exact) mass is 855 g/mol. The molecule has 0 radical (unpaired) electrons. The van der Waals surface area contributed by atoms with E-state index in [4.69, 9.17) is 10.5 Å². The lowest BCUT2D eigenvalue weighted by molar-refractivity contribution is -0.136. The quantitative estimate of drug-likeness (QED) is 0.0656. The van der Waals surface area contributed by atoms with E-state index in [1.54, 1.807) is 0 Å². The van der Waals surface area contributed by atoms with Crippen LogP contribution in [0.1, 0.15) is 243 Å². The maximum Gasteiger partial charge on any atom is 0.472 e. The molecule has 8 nitrogen and oxygen atoms in total. The van der Waals surface area contributed by atoms with E-state index in [9.17, 15) is 27.6 Å². The average Bonchev–Trinajstić information content (AvgIpc) is 3.69. The number of nitrogens with two attached hydrogens (primary N) is 1. The molecular weight excluding hydrogens is 766 g/mol. The van der Waals surface area contributed by atoms with Crippen molar-refractivity contribution in [3.05, 3.63) is 18.2 Å². The average molecular weight is 855 g/mol. The van der Waals surface area contributed by atoms with Crippen LogP contribution in [0.15, 0.2) is 12.5 Å². The van der Waals surface area contributed by atoms with Crippen molar-refractivity contribution in [1.29, 1.82) is 0 Å². The summed E-state index contributed by atoms with van der Waals surface area (Å²) in [5, 5.41) is 0. The van der Waals surface area contributed by atoms with Crippen LogP contribution in [-0.2, 0) is 20.7 Å². The van der Waals surface area contributed by atoms with Crippen LogP contribution in [0.2, 0.25) is 0 Å². The molecule has 0 aliphatic heterocycles. The number of amides is 1. The summed E-state index contributed by atoms with van der Waals surface area (Å²) in [6, 6.07) is -1.09. The number of ketones is 1. The third-order valence-electron chi connectivity index (χ3n) is 11.9. The van der Waals surface area contributed by atoms with Crippen molar-refractivity contribution in [1.82, 2.24) is 14.5 Å². The number of rotatable bonds is 43. The first-order chi connectivity index (χ1) is 29.1. The van der Waals surface area contributed by atoms with Crippen molar-refractivity contribution in [3.8, 4) is 0 Å². The van der Waals surface area contributed by atoms with Crippen LogP contribution in [-0.4, -0.2) is 70.6 Å². The normalized spacial score (nSPS) is 12.3. The molecule has 0 saturated heterocycles. The number of nitrogens with zero attached hydrogens (tertiary/aromatic N) is 3. The largest absolute Gasteiger partial charge is 0.472 e. The highest BCUT2D eigenvalue weighted by atomic mass is 19.4. The maximum atomic E-state index is 13.3. The number of ether oxygens (including phenoxy) is 1. The van der Waals surface area contributed by atoms with Crippen molar-refractivity contribution in [3.63, 3.8) is 0 Å². The summed E-state index contributed by atoms with van der Waals surface area (Å²) in [6.45, 7) is 6.16. The topological polar surface area (TPSA) is 108 Å². The molecular formula is C49H89F3N4O4. The van der Waals surface area contributed by atoms with E-state index in [0.29, 0.717) is 11.0 Å². The minimum Gasteiger partial charge on any atom is -0.372 e. The standard InChI is InChI=1S/C49H89F3N4O4/c1-3-5-7-9-11-13-15-17-19-21-23-25-27-29-31-33-37-55(38-34-32-30-28-26-24-22-20-18-16-14-12-10-8-6-4-2)47(58)42-60-39-35-36-46(57)45(53)40-44-41-54-43-56(44)48(59)49(50,51)52/h41,43,45H,3-40,42,53H2,1-2H3. The van der Waals surface area contributed by atoms with E-state index in [1.807, 2.05) is 4.90 Å². The van der Waals surface area contributed by atoms with Crippen LogP contribution in [0.3, 0.4) is 0 Å². The van der Waals surface area contributed by atoms with Gasteiger partial charge in [-0.25, -0.2) is 4.98 Å². The summed E-state index contributed by atoms with van der Waals surface area (Å²) >= 11 is 0. The Hall–Kier alpha value is -2.27. The fourth-order valence-corrected chi connectivity index (χ4v) is 7.98. The molecule has 11 heteroatoms. The number of unbranched alkanes of at least 4 members (excludes halogenated alkanes) is 30. The van der Waals surface area contributed by atoms with Crippen LogP contribution >= 0.6 is 0 Å². The van der Waals surface area contributed by atoms with Crippen molar-refractivity contribution in [2.75, 3.05) is 26.3 Å². The molecule has 60 heavy (non-hydrogen) atoms. The zero-order chi connectivity index (χ0) is 43.9. The van der Waals surface area contributed by atoms with E-state index in [0.717, 1.165) is 51.3 Å². The van der Waals surface area contributed by atoms with Gasteiger partial charge >= 0.3 is 12.1 Å². The number of hydrogen-bond acceptors (Lipinski definition) is 6. The summed E-state index contributed by atoms with van der Waals surface area (Å²) < 4.78 is 44.8. The Balaban J connectivity index is 2.34. The maximum absolute atomic E-state index is 13.3. The molecule has 0 bridgehead atoms. The number of alkyl halides is 3. The van der Waals surface area contributed by atoms with E-state index in [1.165, 1.54) is 180 Å². The van der Waals surface area contributed by atoms with Crippen LogP contribution in [0.5, 0.6) is 0 Å². The fourth-order valence-electron chi connectivity index (χ4n) is 7.98. The Morgan fingerprint density at radius 2 is 0.983 bits per heavy atom. The lowest BCUT2D eigenvalue weighted by Crippen LogP contribution is -2.36. The van der Waals surface area contributed by atoms with Crippen molar-refractivity contribution in [2.24, 2.45) is 5.73 Å². The van der Waals surface area contributed by atoms with Gasteiger partial charge in [-0.3, -0.25) is 19.0 Å². The molecule has 0 spiro atoms. The molecule has 1 rings (SSSR count). The fraction of sp³-hybridized carbons (Fsp3) is 0.878. The molecule has 1 amide bonds. The Kier molecular flexibility index (Phi) is 35.7. The number of Topliss-reactive ketones (excluding diaryl/α,β-unsaturated/α-hetero) is 1. The van der Waals surface area contributed by atoms with Gasteiger partial charge in [0.25, 0.3) is 0 Å². The van der Waals surface area contributed by atoms with Gasteiger partial charge in [-0.15, -0.1) is 0 Å². The Bertz CT molecular complexity index is 1140. The predicted molar refractivity (Wildman–Crippen MR) is 241 cm³/mol. The van der Waals surface area contributed by atoms with Crippen LogP contribution in [0.25, 0.3) is 0 Å². The number of aromatic nitrogens is 2. The first kappa shape index (κ1) is 55.7. The molecule has 0 aromatic carbocycles. The first-order valence-corrected chi connectivity index (χ1v) is 24.9. The molecule has 2 N–H and O–H groups in total. The van der Waals surface area contributed by atoms with Crippen molar-refractivity contribution >= 4 is 17.6 Å². The predicted octanol–water partition coefficient (Wildman–Crippen LogP) is 13.7. The molecule has 0 aliphatic carbocycles. The minimum atomic E-state index is -5.06. The number of carbonyl (C=O) groups excluding carboxylic acids is 3. The zero-order valence-corrected chi connectivity index (χ0v) is 38.5. The van der Waals surface area contributed by atoms with Gasteiger partial charge in [-0.2, -0.15) is 13.2 Å². The Morgan fingerprint density at radius 1 is 0.617 bits per heavy atom. The van der Waals surface area contributed by atoms with Gasteiger partial charge in [0.1, 0.15) is 18.7 Å². The zero-order valence-electron chi connectivity index (χ0n) is 38.5. The molecule has 350 valence electrons. The minimum absolute atomic E-state index is 0.0254. The van der Waals surface area contributed by atoms with Gasteiger partial charge in [-0.1, -0.05) is 206 Å². The molecule has 1 unspecified atom stereocenters. The lowest BCUT2D eigenvalue weighted by Gasteiger charge is -2.23. The SMILES string of the molecule is CCCCCCCCCCCCCCCCCCN(CCCCCCCCCCCCCCCCCC)C(=O)COCCCC(=O)C(N)Cc1cncn1C(=O)C(F)(F)F. The van der Waals surface area contributed by atoms with Gasteiger partial charge < -0.3 is 15.4 Å². The summed E-state index contributed by atoms with van der Waals surface area (Å²) in [5.41, 5.74) is 5.90. The Morgan fingerprint density at radius 3 is 1.35 bits per heavy atom. The summed E-state index contributed by atoms with van der Waals surface area (Å²) in [6.07, 6.45) is 38.9. The Labute approximate surface area is 364 Å². The van der Waals surface area contributed by atoms with Crippen LogP contribution in [0.4, 0.5) is 13.2 Å². The summed E-state index contributed by atoms with van der Waals surface area (Å²) in [7, 11) is 0. The van der Waals surface area contributed by atoms with Crippen LogP contribution < -0.4 is 5.73 Å². The number of imidazole rings is 1. The van der Waals surface area contributed by atoms with Gasteiger partial charge in [-0.05, 0) is 19.3 Å². The first-order valence-electron chi connectivity index (χ1n) is 24.9. The molecule has 0 aliphatic rings. The highest BCUT2D eigenvalue weighted by Crippen LogP contribution is 2.20. The van der Waals surface area contributed by atoms with Gasteiger partial charge in [0.15, 0.2) is 0 Å². The van der Waals surface area contributed by atoms with Crippen molar-refractivity contribution in [2.45, 2.75) is 251 Å². The summed E-state index contributed by atoms with van der Waals surface area (Å²) in [5.74, 6) is -2.46. The highest BCUT2D eigenvalue weighted by molar-refractivity contribution is 5.86. The van der Waals surface area contributed by atoms with Gasteiger partial charge in [0, 0.05) is 44.4 Å². The molecule has 0 saturated carbocycles. The second kappa shape index (κ2) is 38.4. The van der Waals surface area contributed by atoms with E-state index < -0.39 is 18.1 Å². The van der Waals surface area contributed by atoms with Crippen LogP contribution in [0, 0.1) is 0 Å². The second-order valence-electron chi connectivity index (χ2n) is 17.5. The van der Waals surface area contributed by atoms with E-state index in [2.05, 4.69) is 18.8 Å². The van der Waals surface area contributed by atoms with Gasteiger partial charge in [0.2, 0.25) is 5.91 Å². The van der Waals surface area contributed by atoms with Gasteiger partial charge in [0.05, 0.1) is 6.04 Å².